The molecule has 0 bridgehead atoms. The second kappa shape index (κ2) is 8.57. The molecule has 0 heterocycles. The van der Waals surface area contributed by atoms with E-state index in [1.807, 2.05) is 18.2 Å². The highest BCUT2D eigenvalue weighted by Crippen LogP contribution is 2.26. The van der Waals surface area contributed by atoms with E-state index in [-0.39, 0.29) is 11.9 Å². The first-order valence-corrected chi connectivity index (χ1v) is 8.84. The first-order valence-electron chi connectivity index (χ1n) is 7.06. The maximum absolute atomic E-state index is 13.4. The van der Waals surface area contributed by atoms with Gasteiger partial charge in [0, 0.05) is 21.2 Å². The van der Waals surface area contributed by atoms with Crippen LogP contribution < -0.4 is 5.32 Å². The van der Waals surface area contributed by atoms with Gasteiger partial charge in [-0.25, -0.2) is 4.39 Å². The molecule has 1 atom stereocenters. The summed E-state index contributed by atoms with van der Waals surface area (Å²) in [4.78, 5) is 1.22. The van der Waals surface area contributed by atoms with Gasteiger partial charge in [-0.2, -0.15) is 0 Å². The summed E-state index contributed by atoms with van der Waals surface area (Å²) in [6, 6.07) is 15.3. The van der Waals surface area contributed by atoms with E-state index in [2.05, 4.69) is 40.3 Å². The topological polar surface area (TPSA) is 12.0 Å². The molecule has 0 aliphatic carbocycles. The van der Waals surface area contributed by atoms with Crippen LogP contribution in [-0.4, -0.2) is 12.3 Å². The van der Waals surface area contributed by atoms with E-state index in [0.29, 0.717) is 0 Å². The van der Waals surface area contributed by atoms with Crippen LogP contribution in [0.3, 0.4) is 0 Å². The number of rotatable bonds is 7. The largest absolute Gasteiger partial charge is 0.309 e. The number of hydrogen-bond acceptors (Lipinski definition) is 2. The summed E-state index contributed by atoms with van der Waals surface area (Å²) in [5, 5.41) is 3.50. The molecule has 21 heavy (non-hydrogen) atoms. The molecule has 1 nitrogen and oxygen atoms in total. The Hall–Kier alpha value is -0.840. The summed E-state index contributed by atoms with van der Waals surface area (Å²) in [6.07, 6.45) is 1.06. The predicted octanol–water partition coefficient (Wildman–Crippen LogP) is 5.42. The van der Waals surface area contributed by atoms with Gasteiger partial charge in [-0.15, -0.1) is 11.8 Å². The van der Waals surface area contributed by atoms with Crippen LogP contribution in [0.2, 0.25) is 0 Å². The van der Waals surface area contributed by atoms with Gasteiger partial charge in [0.2, 0.25) is 0 Å². The summed E-state index contributed by atoms with van der Waals surface area (Å²) in [7, 11) is 0. The monoisotopic (exact) mass is 367 g/mol. The van der Waals surface area contributed by atoms with Crippen LogP contribution in [0.25, 0.3) is 0 Å². The van der Waals surface area contributed by atoms with Gasteiger partial charge < -0.3 is 5.32 Å². The molecule has 0 saturated carbocycles. The molecule has 0 fully saturated rings. The smallest absolute Gasteiger partial charge is 0.123 e. The van der Waals surface area contributed by atoms with Gasteiger partial charge in [-0.3, -0.25) is 0 Å². The lowest BCUT2D eigenvalue weighted by molar-refractivity contribution is 0.568. The van der Waals surface area contributed by atoms with Crippen LogP contribution in [0.5, 0.6) is 0 Å². The van der Waals surface area contributed by atoms with Crippen molar-refractivity contribution in [2.24, 2.45) is 0 Å². The van der Waals surface area contributed by atoms with E-state index in [0.717, 1.165) is 28.8 Å². The Labute approximate surface area is 138 Å². The van der Waals surface area contributed by atoms with Crippen LogP contribution in [-0.2, 0) is 0 Å². The van der Waals surface area contributed by atoms with E-state index in [1.54, 1.807) is 23.9 Å². The molecule has 0 spiro atoms. The number of nitrogens with one attached hydrogen (secondary N) is 1. The van der Waals surface area contributed by atoms with Gasteiger partial charge in [-0.05, 0) is 54.9 Å². The van der Waals surface area contributed by atoms with Crippen LogP contribution in [0, 0.1) is 5.82 Å². The quantitative estimate of drug-likeness (QED) is 0.655. The summed E-state index contributed by atoms with van der Waals surface area (Å²) in [5.74, 6) is 0.704. The van der Waals surface area contributed by atoms with Crippen molar-refractivity contribution in [1.29, 1.82) is 0 Å². The molecule has 0 saturated heterocycles. The van der Waals surface area contributed by atoms with Crippen molar-refractivity contribution in [1.82, 2.24) is 5.32 Å². The van der Waals surface area contributed by atoms with Gasteiger partial charge in [0.05, 0.1) is 0 Å². The van der Waals surface area contributed by atoms with Crippen LogP contribution in [0.15, 0.2) is 57.9 Å². The lowest BCUT2D eigenvalue weighted by atomic mass is 10.1. The third-order valence-electron chi connectivity index (χ3n) is 3.12. The summed E-state index contributed by atoms with van der Waals surface area (Å²) in [5.41, 5.74) is 1.01. The van der Waals surface area contributed by atoms with E-state index in [1.165, 1.54) is 11.0 Å². The van der Waals surface area contributed by atoms with Crippen molar-refractivity contribution in [2.45, 2.75) is 24.3 Å². The molecule has 2 rings (SSSR count). The Bertz CT molecular complexity index is 559. The maximum Gasteiger partial charge on any atom is 0.123 e. The van der Waals surface area contributed by atoms with Gasteiger partial charge in [0.1, 0.15) is 5.82 Å². The molecule has 0 radical (unpaired) electrons. The lowest BCUT2D eigenvalue weighted by Gasteiger charge is -2.19. The minimum atomic E-state index is -0.176. The molecule has 2 aromatic carbocycles. The molecule has 0 amide bonds. The summed E-state index contributed by atoms with van der Waals surface area (Å²) < 4.78 is 14.5. The van der Waals surface area contributed by atoms with E-state index < -0.39 is 0 Å². The van der Waals surface area contributed by atoms with E-state index in [9.17, 15) is 4.39 Å². The molecule has 112 valence electrons. The molecular weight excluding hydrogens is 349 g/mol. The molecule has 0 aliphatic heterocycles. The Kier molecular flexibility index (Phi) is 6.74. The Morgan fingerprint density at radius 1 is 1.19 bits per heavy atom. The summed E-state index contributed by atoms with van der Waals surface area (Å²) in [6.45, 7) is 3.07. The van der Waals surface area contributed by atoms with Gasteiger partial charge in [-0.1, -0.05) is 35.0 Å². The second-order valence-corrected chi connectivity index (χ2v) is 6.84. The Morgan fingerprint density at radius 3 is 2.62 bits per heavy atom. The number of thioether (sulfide) groups is 1. The van der Waals surface area contributed by atoms with Gasteiger partial charge in [0.15, 0.2) is 0 Å². The van der Waals surface area contributed by atoms with Crippen molar-refractivity contribution in [3.8, 4) is 0 Å². The predicted molar refractivity (Wildman–Crippen MR) is 92.3 cm³/mol. The first-order chi connectivity index (χ1) is 10.2. The number of halogens is 2. The van der Waals surface area contributed by atoms with Crippen molar-refractivity contribution < 1.29 is 4.39 Å². The van der Waals surface area contributed by atoms with Crippen molar-refractivity contribution in [2.75, 3.05) is 12.3 Å². The van der Waals surface area contributed by atoms with Crippen molar-refractivity contribution in [3.63, 3.8) is 0 Å². The minimum Gasteiger partial charge on any atom is -0.309 e. The molecule has 0 aliphatic rings. The standard InChI is InChI=1S/C17H19BrFNS/c1-2-10-20-17(13-4-3-5-15(19)11-13)12-21-16-8-6-14(18)7-9-16/h3-9,11,17,20H,2,10,12H2,1H3. The molecular formula is C17H19BrFNS. The third-order valence-corrected chi connectivity index (χ3v) is 4.76. The van der Waals surface area contributed by atoms with Gasteiger partial charge in [0.25, 0.3) is 0 Å². The van der Waals surface area contributed by atoms with E-state index >= 15 is 0 Å². The summed E-state index contributed by atoms with van der Waals surface area (Å²) >= 11 is 5.22. The zero-order chi connectivity index (χ0) is 15.1. The molecule has 1 unspecified atom stereocenters. The third kappa shape index (κ3) is 5.46. The van der Waals surface area contributed by atoms with E-state index in [4.69, 9.17) is 0 Å². The van der Waals surface area contributed by atoms with Crippen LogP contribution in [0.4, 0.5) is 4.39 Å². The van der Waals surface area contributed by atoms with Crippen LogP contribution >= 0.6 is 27.7 Å². The average molecular weight is 368 g/mol. The SMILES string of the molecule is CCCNC(CSc1ccc(Br)cc1)c1cccc(F)c1. The fourth-order valence-electron chi connectivity index (χ4n) is 2.03. The normalized spacial score (nSPS) is 12.3. The highest BCUT2D eigenvalue weighted by atomic mass is 79.9. The van der Waals surface area contributed by atoms with Gasteiger partial charge >= 0.3 is 0 Å². The fourth-order valence-corrected chi connectivity index (χ4v) is 3.29. The molecule has 2 aromatic rings. The Balaban J connectivity index is 2.04. The first kappa shape index (κ1) is 16.5. The maximum atomic E-state index is 13.4. The Morgan fingerprint density at radius 2 is 1.95 bits per heavy atom. The minimum absolute atomic E-state index is 0.161. The average Bonchev–Trinajstić information content (AvgIpc) is 2.49. The zero-order valence-electron chi connectivity index (χ0n) is 12.0. The highest BCUT2D eigenvalue weighted by molar-refractivity contribution is 9.10. The number of benzene rings is 2. The highest BCUT2D eigenvalue weighted by Gasteiger charge is 2.12. The molecule has 4 heteroatoms. The lowest BCUT2D eigenvalue weighted by Crippen LogP contribution is -2.24. The molecule has 1 N–H and O–H groups in total. The van der Waals surface area contributed by atoms with Crippen LogP contribution in [0.1, 0.15) is 24.9 Å². The number of hydrogen-bond donors (Lipinski definition) is 1. The zero-order valence-corrected chi connectivity index (χ0v) is 14.4. The second-order valence-electron chi connectivity index (χ2n) is 4.83. The molecule has 0 aromatic heterocycles. The van der Waals surface area contributed by atoms with Crippen molar-refractivity contribution >= 4 is 27.7 Å². The fraction of sp³-hybridized carbons (Fsp3) is 0.294. The van der Waals surface area contributed by atoms with Crippen molar-refractivity contribution in [3.05, 3.63) is 64.4 Å².